The molecule has 3 aromatic rings. The molecule has 2 aromatic carbocycles. The normalized spacial score (nSPS) is 14.0. The second-order valence-corrected chi connectivity index (χ2v) is 9.10. The molecule has 1 aliphatic carbocycles. The molecule has 0 bridgehead atoms. The number of imidazole rings is 1. The van der Waals surface area contributed by atoms with Gasteiger partial charge in [-0.2, -0.15) is 0 Å². The second-order valence-electron chi connectivity index (χ2n) is 7.39. The minimum atomic E-state index is -3.68. The lowest BCUT2D eigenvalue weighted by molar-refractivity contribution is 0.102. The summed E-state index contributed by atoms with van der Waals surface area (Å²) in [6.45, 7) is 1.74. The summed E-state index contributed by atoms with van der Waals surface area (Å²) in [6, 6.07) is 10.3. The molecule has 1 saturated carbocycles. The number of nitrogens with zero attached hydrogens (tertiary/aromatic N) is 2. The van der Waals surface area contributed by atoms with Crippen molar-refractivity contribution in [1.82, 2.24) is 14.3 Å². The second kappa shape index (κ2) is 7.66. The summed E-state index contributed by atoms with van der Waals surface area (Å²) >= 11 is 0. The van der Waals surface area contributed by atoms with E-state index in [0.29, 0.717) is 22.6 Å². The van der Waals surface area contributed by atoms with Crippen LogP contribution >= 0.6 is 0 Å². The SMILES string of the molecule is Cc1ccc(S(=O)(=O)NC2CC2)cc1C(=O)Nc1c(-c2ccc(F)cc2)ncn1C. The molecule has 1 heterocycles. The van der Waals surface area contributed by atoms with Crippen molar-refractivity contribution in [1.29, 1.82) is 0 Å². The molecule has 0 saturated heterocycles. The van der Waals surface area contributed by atoms with Gasteiger partial charge in [0.15, 0.2) is 0 Å². The number of halogens is 1. The number of amides is 1. The van der Waals surface area contributed by atoms with E-state index in [2.05, 4.69) is 15.0 Å². The number of aryl methyl sites for hydroxylation is 2. The van der Waals surface area contributed by atoms with Gasteiger partial charge in [0.05, 0.1) is 11.2 Å². The third kappa shape index (κ3) is 4.12. The van der Waals surface area contributed by atoms with Gasteiger partial charge in [0, 0.05) is 24.2 Å². The maximum atomic E-state index is 13.3. The molecule has 1 aromatic heterocycles. The van der Waals surface area contributed by atoms with Gasteiger partial charge < -0.3 is 9.88 Å². The van der Waals surface area contributed by atoms with Crippen LogP contribution in [-0.2, 0) is 17.1 Å². The summed E-state index contributed by atoms with van der Waals surface area (Å²) < 4.78 is 42.5. The Hall–Kier alpha value is -3.04. The van der Waals surface area contributed by atoms with Crippen LogP contribution in [0.2, 0.25) is 0 Å². The van der Waals surface area contributed by atoms with Crippen molar-refractivity contribution in [3.8, 4) is 11.3 Å². The highest BCUT2D eigenvalue weighted by Crippen LogP contribution is 2.28. The van der Waals surface area contributed by atoms with Gasteiger partial charge in [-0.15, -0.1) is 0 Å². The average Bonchev–Trinajstić information content (AvgIpc) is 3.44. The van der Waals surface area contributed by atoms with Crippen LogP contribution in [0.15, 0.2) is 53.7 Å². The summed E-state index contributed by atoms with van der Waals surface area (Å²) in [4.78, 5) is 17.4. The predicted molar refractivity (Wildman–Crippen MR) is 111 cm³/mol. The Kier molecular flexibility index (Phi) is 5.17. The predicted octanol–water partition coefficient (Wildman–Crippen LogP) is 3.23. The van der Waals surface area contributed by atoms with Gasteiger partial charge in [0.25, 0.3) is 5.91 Å². The molecule has 0 radical (unpaired) electrons. The zero-order valence-corrected chi connectivity index (χ0v) is 17.3. The number of hydrogen-bond acceptors (Lipinski definition) is 4. The molecule has 7 nitrogen and oxygen atoms in total. The molecule has 0 atom stereocenters. The van der Waals surface area contributed by atoms with Gasteiger partial charge in [-0.25, -0.2) is 22.5 Å². The molecule has 156 valence electrons. The third-order valence-electron chi connectivity index (χ3n) is 4.95. The lowest BCUT2D eigenvalue weighted by Crippen LogP contribution is -2.26. The zero-order valence-electron chi connectivity index (χ0n) is 16.5. The minimum Gasteiger partial charge on any atom is -0.320 e. The molecule has 0 unspecified atom stereocenters. The fourth-order valence-corrected chi connectivity index (χ4v) is 4.40. The smallest absolute Gasteiger partial charge is 0.257 e. The van der Waals surface area contributed by atoms with Crippen LogP contribution in [0.5, 0.6) is 0 Å². The van der Waals surface area contributed by atoms with E-state index in [1.807, 2.05) is 0 Å². The molecule has 1 aliphatic rings. The fraction of sp³-hybridized carbons (Fsp3) is 0.238. The molecule has 4 rings (SSSR count). The summed E-state index contributed by atoms with van der Waals surface area (Å²) in [5.74, 6) is -0.396. The third-order valence-corrected chi connectivity index (χ3v) is 6.47. The van der Waals surface area contributed by atoms with Gasteiger partial charge in [0.2, 0.25) is 10.0 Å². The van der Waals surface area contributed by atoms with Crippen LogP contribution in [0.1, 0.15) is 28.8 Å². The first kappa shape index (κ1) is 20.2. The first-order valence-electron chi connectivity index (χ1n) is 9.46. The Bertz CT molecular complexity index is 1220. The minimum absolute atomic E-state index is 0.0266. The van der Waals surface area contributed by atoms with Gasteiger partial charge in [-0.05, 0) is 61.7 Å². The number of sulfonamides is 1. The van der Waals surface area contributed by atoms with E-state index in [4.69, 9.17) is 0 Å². The molecule has 0 aliphatic heterocycles. The Labute approximate surface area is 174 Å². The molecule has 1 fully saturated rings. The van der Waals surface area contributed by atoms with Crippen LogP contribution in [0.3, 0.4) is 0 Å². The average molecular weight is 428 g/mol. The number of benzene rings is 2. The van der Waals surface area contributed by atoms with Crippen molar-refractivity contribution >= 4 is 21.7 Å². The van der Waals surface area contributed by atoms with Crippen LogP contribution < -0.4 is 10.0 Å². The van der Waals surface area contributed by atoms with Crippen LogP contribution in [0.25, 0.3) is 11.3 Å². The maximum absolute atomic E-state index is 13.3. The fourth-order valence-electron chi connectivity index (χ4n) is 3.07. The molecule has 30 heavy (non-hydrogen) atoms. The molecular formula is C21H21FN4O3S. The monoisotopic (exact) mass is 428 g/mol. The van der Waals surface area contributed by atoms with Crippen molar-refractivity contribution in [2.45, 2.75) is 30.7 Å². The quantitative estimate of drug-likeness (QED) is 0.630. The molecule has 1 amide bonds. The summed E-state index contributed by atoms with van der Waals surface area (Å²) in [5.41, 5.74) is 2.03. The molecule has 9 heteroatoms. The summed E-state index contributed by atoms with van der Waals surface area (Å²) in [5, 5.41) is 2.81. The summed E-state index contributed by atoms with van der Waals surface area (Å²) in [7, 11) is -1.95. The van der Waals surface area contributed by atoms with Gasteiger partial charge in [-0.3, -0.25) is 4.79 Å². The highest BCUT2D eigenvalue weighted by atomic mass is 32.2. The lowest BCUT2D eigenvalue weighted by Gasteiger charge is -2.12. The van der Waals surface area contributed by atoms with E-state index >= 15 is 0 Å². The van der Waals surface area contributed by atoms with E-state index in [1.54, 1.807) is 43.1 Å². The largest absolute Gasteiger partial charge is 0.320 e. The summed E-state index contributed by atoms with van der Waals surface area (Å²) in [6.07, 6.45) is 3.19. The number of carbonyl (C=O) groups excluding carboxylic acids is 1. The van der Waals surface area contributed by atoms with Crippen molar-refractivity contribution in [2.75, 3.05) is 5.32 Å². The first-order chi connectivity index (χ1) is 14.2. The van der Waals surface area contributed by atoms with E-state index < -0.39 is 15.9 Å². The van der Waals surface area contributed by atoms with Crippen LogP contribution in [0.4, 0.5) is 10.2 Å². The van der Waals surface area contributed by atoms with Crippen molar-refractivity contribution in [3.05, 3.63) is 65.7 Å². The Morgan fingerprint density at radius 1 is 1.17 bits per heavy atom. The molecule has 0 spiro atoms. The number of aromatic nitrogens is 2. The van der Waals surface area contributed by atoms with E-state index in [1.165, 1.54) is 24.3 Å². The highest BCUT2D eigenvalue weighted by Gasteiger charge is 2.28. The molecule has 2 N–H and O–H groups in total. The number of nitrogens with one attached hydrogen (secondary N) is 2. The zero-order chi connectivity index (χ0) is 21.5. The number of carbonyl (C=O) groups is 1. The Balaban J connectivity index is 1.64. The lowest BCUT2D eigenvalue weighted by atomic mass is 10.1. The van der Waals surface area contributed by atoms with Crippen molar-refractivity contribution in [3.63, 3.8) is 0 Å². The van der Waals surface area contributed by atoms with E-state index in [9.17, 15) is 17.6 Å². The number of anilines is 1. The van der Waals surface area contributed by atoms with Gasteiger partial charge >= 0.3 is 0 Å². The topological polar surface area (TPSA) is 93.1 Å². The van der Waals surface area contributed by atoms with Gasteiger partial charge in [0.1, 0.15) is 17.3 Å². The van der Waals surface area contributed by atoms with Crippen molar-refractivity contribution in [2.24, 2.45) is 7.05 Å². The highest BCUT2D eigenvalue weighted by molar-refractivity contribution is 7.89. The first-order valence-corrected chi connectivity index (χ1v) is 10.9. The van der Waals surface area contributed by atoms with E-state index in [-0.39, 0.29) is 22.3 Å². The maximum Gasteiger partial charge on any atom is 0.257 e. The Morgan fingerprint density at radius 3 is 2.53 bits per heavy atom. The van der Waals surface area contributed by atoms with Crippen molar-refractivity contribution < 1.29 is 17.6 Å². The van der Waals surface area contributed by atoms with Crippen LogP contribution in [0, 0.1) is 12.7 Å². The Morgan fingerprint density at radius 2 is 1.87 bits per heavy atom. The van der Waals surface area contributed by atoms with Gasteiger partial charge in [-0.1, -0.05) is 6.07 Å². The van der Waals surface area contributed by atoms with E-state index in [0.717, 1.165) is 12.8 Å². The van der Waals surface area contributed by atoms with Crippen LogP contribution in [-0.4, -0.2) is 29.9 Å². The standard InChI is InChI=1S/C21H21FN4O3S/c1-13-3-10-17(30(28,29)25-16-8-9-16)11-18(13)21(27)24-20-19(23-12-26(20)2)14-4-6-15(22)7-5-14/h3-7,10-12,16,25H,8-9H2,1-2H3,(H,24,27). The molecular weight excluding hydrogens is 407 g/mol. The number of hydrogen-bond donors (Lipinski definition) is 2. The number of rotatable bonds is 6.